The topological polar surface area (TPSA) is 28.1 Å². The first kappa shape index (κ1) is 4.91. The fourth-order valence-corrected chi connectivity index (χ4v) is 0.0289. The predicted octanol–water partition coefficient (Wildman–Crippen LogP) is 0.725. The van der Waals surface area contributed by atoms with Gasteiger partial charge in [0.2, 0.25) is 0 Å². The van der Waals surface area contributed by atoms with E-state index in [-0.39, 0.29) is 0 Å². The van der Waals surface area contributed by atoms with Crippen LogP contribution in [0.1, 0.15) is 0 Å². The Morgan fingerprint density at radius 3 is 2.50 bits per heavy atom. The lowest BCUT2D eigenvalue weighted by Gasteiger charge is -1.67. The van der Waals surface area contributed by atoms with Gasteiger partial charge in [0.15, 0.2) is 6.07 Å². The van der Waals surface area contributed by atoms with E-state index in [0.717, 1.165) is 6.07 Å². The summed E-state index contributed by atoms with van der Waals surface area (Å²) >= 11 is 0. The molecule has 0 saturated heterocycles. The van der Waals surface area contributed by atoms with Gasteiger partial charge in [-0.25, -0.2) is 6.57 Å². The van der Waals surface area contributed by atoms with Crippen molar-refractivity contribution in [3.05, 3.63) is 11.4 Å². The van der Waals surface area contributed by atoms with Crippen molar-refractivity contribution in [3.63, 3.8) is 0 Å². The molecule has 0 amide bonds. The average Bonchev–Trinajstić information content (AvgIpc) is 1.65. The summed E-state index contributed by atoms with van der Waals surface area (Å²) in [5, 5.41) is 7.50. The largest absolute Gasteiger partial charge is 0.449 e. The Morgan fingerprint density at radius 2 is 2.50 bits per heavy atom. The number of nitriles is 1. The highest BCUT2D eigenvalue weighted by molar-refractivity contribution is 4.88. The molecular weight excluding hydrogens is 83.0 g/mol. The maximum atomic E-state index is 11.1. The van der Waals surface area contributed by atoms with Crippen molar-refractivity contribution in [3.8, 4) is 6.07 Å². The van der Waals surface area contributed by atoms with Crippen LogP contribution in [0.15, 0.2) is 0 Å². The fourth-order valence-electron chi connectivity index (χ4n) is 0.0289. The van der Waals surface area contributed by atoms with E-state index in [9.17, 15) is 4.39 Å². The minimum absolute atomic E-state index is 1.09. The van der Waals surface area contributed by atoms with Gasteiger partial charge in [-0.15, -0.1) is 4.39 Å². The Balaban J connectivity index is 3.40. The van der Waals surface area contributed by atoms with Crippen LogP contribution in [0, 0.1) is 17.9 Å². The Hall–Kier alpha value is -1.09. The molecule has 0 aliphatic carbocycles. The second kappa shape index (κ2) is 2.17. The van der Waals surface area contributed by atoms with Crippen molar-refractivity contribution in [2.75, 3.05) is 0 Å². The number of hydrogen-bond donors (Lipinski definition) is 0. The van der Waals surface area contributed by atoms with Gasteiger partial charge in [0.25, 0.3) is 0 Å². The molecule has 0 N–H and O–H groups in total. The lowest BCUT2D eigenvalue weighted by atomic mass is 10.7. The van der Waals surface area contributed by atoms with Crippen LogP contribution in [0.2, 0.25) is 0 Å². The van der Waals surface area contributed by atoms with Gasteiger partial charge in [-0.2, -0.15) is 5.26 Å². The molecule has 2 nitrogen and oxygen atoms in total. The molecule has 0 aliphatic heterocycles. The highest BCUT2D eigenvalue weighted by atomic mass is 19.1. The highest BCUT2D eigenvalue weighted by Crippen LogP contribution is 1.84. The Kier molecular flexibility index (Phi) is 1.77. The first-order chi connectivity index (χ1) is 2.81. The molecule has 0 fully saturated rings. The Bertz CT molecular complexity index is 92.9. The van der Waals surface area contributed by atoms with E-state index >= 15 is 0 Å². The van der Waals surface area contributed by atoms with Gasteiger partial charge < -0.3 is 0 Å². The average molecular weight is 84.1 g/mol. The summed E-state index contributed by atoms with van der Waals surface area (Å²) in [4.78, 5) is 2.23. The van der Waals surface area contributed by atoms with E-state index in [1.165, 1.54) is 0 Å². The third-order valence-electron chi connectivity index (χ3n) is 0.220. The molecule has 0 aromatic rings. The quantitative estimate of drug-likeness (QED) is 0.314. The lowest BCUT2D eigenvalue weighted by Crippen LogP contribution is -1.80. The summed E-state index contributed by atoms with van der Waals surface area (Å²) in [7, 11) is 0. The highest BCUT2D eigenvalue weighted by Gasteiger charge is 2.00. The van der Waals surface area contributed by atoms with E-state index in [2.05, 4.69) is 4.85 Å². The van der Waals surface area contributed by atoms with Crippen LogP contribution in [0.3, 0.4) is 0 Å². The number of nitrogens with zero attached hydrogens (tertiary/aromatic N) is 2. The van der Waals surface area contributed by atoms with Gasteiger partial charge in [-0.1, -0.05) is 0 Å². The molecule has 0 aliphatic rings. The zero-order chi connectivity index (χ0) is 4.99. The smallest absolute Gasteiger partial charge is 0.262 e. The summed E-state index contributed by atoms with van der Waals surface area (Å²) in [6, 6.07) is 1.09. The zero-order valence-corrected chi connectivity index (χ0v) is 2.85. The molecule has 0 unspecified atom stereocenters. The minimum Gasteiger partial charge on any atom is -0.262 e. The van der Waals surface area contributed by atoms with Crippen molar-refractivity contribution >= 4 is 0 Å². The fraction of sp³-hybridized carbons (Fsp3) is 0.333. The van der Waals surface area contributed by atoms with Crippen molar-refractivity contribution in [2.45, 2.75) is 6.30 Å². The molecule has 0 radical (unpaired) electrons. The zero-order valence-electron chi connectivity index (χ0n) is 2.85. The molecule has 0 spiro atoms. The van der Waals surface area contributed by atoms with Crippen molar-refractivity contribution in [2.24, 2.45) is 0 Å². The van der Waals surface area contributed by atoms with Crippen LogP contribution in [0.5, 0.6) is 0 Å². The van der Waals surface area contributed by atoms with E-state index in [1.807, 2.05) is 0 Å². The van der Waals surface area contributed by atoms with Crippen LogP contribution in [0.25, 0.3) is 4.85 Å². The van der Waals surface area contributed by atoms with Gasteiger partial charge in [-0.3, -0.25) is 4.85 Å². The molecule has 30 valence electrons. The van der Waals surface area contributed by atoms with E-state index in [1.54, 1.807) is 0 Å². The predicted molar refractivity (Wildman–Crippen MR) is 17.1 cm³/mol. The molecule has 6 heavy (non-hydrogen) atoms. The molecule has 3 heteroatoms. The molecule has 0 heterocycles. The molecule has 0 rings (SSSR count). The van der Waals surface area contributed by atoms with Crippen LogP contribution in [-0.2, 0) is 0 Å². The molecule has 0 saturated carbocycles. The first-order valence-electron chi connectivity index (χ1n) is 1.21. The number of hydrogen-bond acceptors (Lipinski definition) is 1. The van der Waals surface area contributed by atoms with Gasteiger partial charge in [-0.05, 0) is 0 Å². The monoisotopic (exact) mass is 84.0 g/mol. The summed E-state index contributed by atoms with van der Waals surface area (Å²) in [6.45, 7) is 5.84. The molecular formula is C3HFN2. The van der Waals surface area contributed by atoms with Gasteiger partial charge in [0, 0.05) is 0 Å². The maximum Gasteiger partial charge on any atom is 0.449 e. The first-order valence-corrected chi connectivity index (χ1v) is 1.21. The van der Waals surface area contributed by atoms with Crippen molar-refractivity contribution < 1.29 is 4.39 Å². The normalized spacial score (nSPS) is 11.2. The molecule has 1 atom stereocenters. The number of alkyl halides is 1. The third kappa shape index (κ3) is 1.25. The van der Waals surface area contributed by atoms with Crippen LogP contribution in [-0.4, -0.2) is 6.30 Å². The summed E-state index contributed by atoms with van der Waals surface area (Å²) in [5.74, 6) is 0. The van der Waals surface area contributed by atoms with Gasteiger partial charge in [0.1, 0.15) is 0 Å². The summed E-state index contributed by atoms with van der Waals surface area (Å²) in [5.41, 5.74) is 0. The van der Waals surface area contributed by atoms with E-state index in [0.29, 0.717) is 0 Å². The van der Waals surface area contributed by atoms with Crippen molar-refractivity contribution in [1.82, 2.24) is 0 Å². The Morgan fingerprint density at radius 1 is 2.00 bits per heavy atom. The third-order valence-corrected chi connectivity index (χ3v) is 0.220. The van der Waals surface area contributed by atoms with Crippen LogP contribution >= 0.6 is 0 Å². The van der Waals surface area contributed by atoms with Gasteiger partial charge in [0.05, 0.1) is 0 Å². The molecule has 0 aromatic carbocycles. The number of halogens is 1. The molecule has 0 bridgehead atoms. The summed E-state index contributed by atoms with van der Waals surface area (Å²) in [6.07, 6.45) is -1.97. The SMILES string of the molecule is [C-]#[N+][C@@H](F)C#N. The van der Waals surface area contributed by atoms with E-state index in [4.69, 9.17) is 11.8 Å². The molecule has 0 aromatic heterocycles. The van der Waals surface area contributed by atoms with Gasteiger partial charge >= 0.3 is 6.30 Å². The maximum absolute atomic E-state index is 11.1. The number of rotatable bonds is 0. The second-order valence-corrected chi connectivity index (χ2v) is 0.594. The van der Waals surface area contributed by atoms with Crippen LogP contribution < -0.4 is 0 Å². The second-order valence-electron chi connectivity index (χ2n) is 0.594. The van der Waals surface area contributed by atoms with Crippen LogP contribution in [0.4, 0.5) is 4.39 Å². The summed E-state index contributed by atoms with van der Waals surface area (Å²) < 4.78 is 11.1. The standard InChI is InChI=1S/C3HFN2/c1-6-3(4)2-5/h3H/t3-/m1/s1. The minimum atomic E-state index is -1.97. The van der Waals surface area contributed by atoms with Crippen molar-refractivity contribution in [1.29, 1.82) is 5.26 Å². The van der Waals surface area contributed by atoms with E-state index < -0.39 is 6.30 Å². The lowest BCUT2D eigenvalue weighted by molar-refractivity contribution is 0.475. The Labute approximate surface area is 34.6 Å².